The maximum Gasteiger partial charge on any atom is 0.185 e. The number of nitrogen functional groups attached to an aromatic ring is 2. The molecule has 2 rings (SSSR count). The van der Waals surface area contributed by atoms with Gasteiger partial charge in [-0.2, -0.15) is 12.6 Å². The lowest BCUT2D eigenvalue weighted by molar-refractivity contribution is -0.109. The summed E-state index contributed by atoms with van der Waals surface area (Å²) in [5.74, 6) is 2.70. The Morgan fingerprint density at radius 3 is 2.00 bits per heavy atom. The zero-order valence-corrected chi connectivity index (χ0v) is 14.8. The number of thiol groups is 1. The molecule has 5 nitrogen and oxygen atoms in total. The number of nitrogens with two attached hydrogens (primary N) is 2. The number of aromatic nitrogens is 2. The molecule has 0 aliphatic heterocycles. The lowest BCUT2D eigenvalue weighted by Crippen LogP contribution is -1.97. The van der Waals surface area contributed by atoms with Crippen molar-refractivity contribution in [3.63, 3.8) is 0 Å². The van der Waals surface area contributed by atoms with E-state index in [2.05, 4.69) is 22.6 Å². The number of carbonyl (C=O) groups excluding carboxylic acids is 1. The van der Waals surface area contributed by atoms with Crippen molar-refractivity contribution in [1.29, 1.82) is 0 Å². The second kappa shape index (κ2) is 10.9. The molecule has 23 heavy (non-hydrogen) atoms. The van der Waals surface area contributed by atoms with E-state index in [1.165, 1.54) is 11.8 Å². The molecule has 0 amide bonds. The molecule has 0 aliphatic carbocycles. The first kappa shape index (κ1) is 19.3. The lowest BCUT2D eigenvalue weighted by Gasteiger charge is -1.99. The summed E-state index contributed by atoms with van der Waals surface area (Å²) in [5.41, 5.74) is 12.9. The highest BCUT2D eigenvalue weighted by atomic mass is 32.2. The molecule has 0 aliphatic rings. The van der Waals surface area contributed by atoms with Gasteiger partial charge in [-0.15, -0.1) is 0 Å². The van der Waals surface area contributed by atoms with Gasteiger partial charge in [0.15, 0.2) is 5.12 Å². The summed E-state index contributed by atoms with van der Waals surface area (Å²) >= 11 is 5.40. The van der Waals surface area contributed by atoms with Crippen LogP contribution in [0.3, 0.4) is 0 Å². The van der Waals surface area contributed by atoms with Crippen molar-refractivity contribution in [2.24, 2.45) is 0 Å². The van der Waals surface area contributed by atoms with Crippen molar-refractivity contribution in [3.05, 3.63) is 47.8 Å². The molecule has 0 atom stereocenters. The van der Waals surface area contributed by atoms with E-state index in [1.807, 2.05) is 24.3 Å². The molecule has 7 heteroatoms. The number of rotatable bonds is 5. The molecule has 124 valence electrons. The quantitative estimate of drug-likeness (QED) is 0.718. The molecule has 0 fully saturated rings. The SMILES string of the molecule is CC(=O)SCCc1cccc(N)n1.Nc1cccc(CCS)n1. The Labute approximate surface area is 146 Å². The summed E-state index contributed by atoms with van der Waals surface area (Å²) in [4.78, 5) is 18.8. The summed E-state index contributed by atoms with van der Waals surface area (Å²) in [6.45, 7) is 1.57. The van der Waals surface area contributed by atoms with Gasteiger partial charge in [0.25, 0.3) is 0 Å². The van der Waals surface area contributed by atoms with E-state index in [4.69, 9.17) is 11.5 Å². The van der Waals surface area contributed by atoms with Crippen LogP contribution in [0.2, 0.25) is 0 Å². The largest absolute Gasteiger partial charge is 0.384 e. The molecule has 4 N–H and O–H groups in total. The van der Waals surface area contributed by atoms with Gasteiger partial charge in [0.1, 0.15) is 11.6 Å². The van der Waals surface area contributed by atoms with Crippen molar-refractivity contribution >= 4 is 41.1 Å². The van der Waals surface area contributed by atoms with E-state index in [0.29, 0.717) is 11.6 Å². The van der Waals surface area contributed by atoms with Gasteiger partial charge in [-0.1, -0.05) is 23.9 Å². The molecule has 2 heterocycles. The minimum atomic E-state index is 0.143. The Hall–Kier alpha value is -1.73. The van der Waals surface area contributed by atoms with Crippen molar-refractivity contribution in [2.75, 3.05) is 23.0 Å². The van der Waals surface area contributed by atoms with E-state index in [-0.39, 0.29) is 5.12 Å². The summed E-state index contributed by atoms with van der Waals surface area (Å²) < 4.78 is 0. The molecule has 0 radical (unpaired) electrons. The fourth-order valence-corrected chi connectivity index (χ4v) is 2.52. The zero-order chi connectivity index (χ0) is 17.1. The van der Waals surface area contributed by atoms with E-state index in [9.17, 15) is 4.79 Å². The molecule has 0 saturated heterocycles. The molecular formula is C16H22N4OS2. The Morgan fingerprint density at radius 1 is 1.04 bits per heavy atom. The van der Waals surface area contributed by atoms with Crippen molar-refractivity contribution < 1.29 is 4.79 Å². The lowest BCUT2D eigenvalue weighted by atomic mass is 10.3. The minimum absolute atomic E-state index is 0.143. The third-order valence-electron chi connectivity index (χ3n) is 2.69. The number of carbonyl (C=O) groups is 1. The average molecular weight is 351 g/mol. The number of anilines is 2. The van der Waals surface area contributed by atoms with E-state index < -0.39 is 0 Å². The fourth-order valence-electron chi connectivity index (χ4n) is 1.69. The number of pyridine rings is 2. The van der Waals surface area contributed by atoms with Crippen LogP contribution in [0, 0.1) is 0 Å². The first-order valence-electron chi connectivity index (χ1n) is 7.18. The van der Waals surface area contributed by atoms with Gasteiger partial charge in [0.2, 0.25) is 0 Å². The minimum Gasteiger partial charge on any atom is -0.384 e. The molecule has 2 aromatic rings. The van der Waals surface area contributed by atoms with E-state index >= 15 is 0 Å². The Morgan fingerprint density at radius 2 is 1.57 bits per heavy atom. The molecule has 0 saturated carbocycles. The molecule has 2 aromatic heterocycles. The van der Waals surface area contributed by atoms with Crippen molar-refractivity contribution in [2.45, 2.75) is 19.8 Å². The van der Waals surface area contributed by atoms with E-state index in [0.717, 1.165) is 35.7 Å². The van der Waals surface area contributed by atoms with Crippen LogP contribution in [0.4, 0.5) is 11.6 Å². The van der Waals surface area contributed by atoms with Crippen LogP contribution in [0.1, 0.15) is 18.3 Å². The monoisotopic (exact) mass is 350 g/mol. The predicted molar refractivity (Wildman–Crippen MR) is 102 cm³/mol. The highest BCUT2D eigenvalue weighted by Gasteiger charge is 1.97. The summed E-state index contributed by atoms with van der Waals surface area (Å²) in [6.07, 6.45) is 1.67. The number of hydrogen-bond donors (Lipinski definition) is 3. The highest BCUT2D eigenvalue weighted by Crippen LogP contribution is 2.07. The molecular weight excluding hydrogens is 328 g/mol. The van der Waals surface area contributed by atoms with Crippen LogP contribution in [-0.2, 0) is 17.6 Å². The van der Waals surface area contributed by atoms with Gasteiger partial charge in [0.05, 0.1) is 0 Å². The first-order valence-corrected chi connectivity index (χ1v) is 8.80. The molecule has 0 aromatic carbocycles. The average Bonchev–Trinajstić information content (AvgIpc) is 2.48. The topological polar surface area (TPSA) is 94.9 Å². The number of thioether (sulfide) groups is 1. The van der Waals surface area contributed by atoms with Gasteiger partial charge >= 0.3 is 0 Å². The van der Waals surface area contributed by atoms with Crippen LogP contribution in [0.15, 0.2) is 36.4 Å². The van der Waals surface area contributed by atoms with Gasteiger partial charge < -0.3 is 11.5 Å². The summed E-state index contributed by atoms with van der Waals surface area (Å²) in [6, 6.07) is 11.2. The first-order chi connectivity index (χ1) is 11.0. The molecule has 0 spiro atoms. The number of aryl methyl sites for hydroxylation is 2. The Bertz CT molecular complexity index is 623. The van der Waals surface area contributed by atoms with Gasteiger partial charge in [-0.25, -0.2) is 9.97 Å². The fraction of sp³-hybridized carbons (Fsp3) is 0.312. The van der Waals surface area contributed by atoms with Crippen LogP contribution >= 0.6 is 24.4 Å². The van der Waals surface area contributed by atoms with Crippen LogP contribution in [0.5, 0.6) is 0 Å². The van der Waals surface area contributed by atoms with E-state index in [1.54, 1.807) is 19.1 Å². The normalized spacial score (nSPS) is 9.83. The highest BCUT2D eigenvalue weighted by molar-refractivity contribution is 8.13. The second-order valence-electron chi connectivity index (χ2n) is 4.67. The molecule has 0 bridgehead atoms. The van der Waals surface area contributed by atoms with Gasteiger partial charge in [-0.05, 0) is 42.9 Å². The van der Waals surface area contributed by atoms with Gasteiger partial charge in [0, 0.05) is 24.1 Å². The number of hydrogen-bond acceptors (Lipinski definition) is 7. The molecule has 0 unspecified atom stereocenters. The third kappa shape index (κ3) is 9.10. The second-order valence-corrected chi connectivity index (χ2v) is 6.39. The predicted octanol–water partition coefficient (Wildman–Crippen LogP) is 2.62. The summed E-state index contributed by atoms with van der Waals surface area (Å²) in [7, 11) is 0. The Balaban J connectivity index is 0.000000238. The van der Waals surface area contributed by atoms with Crippen LogP contribution < -0.4 is 11.5 Å². The van der Waals surface area contributed by atoms with Crippen molar-refractivity contribution in [1.82, 2.24) is 9.97 Å². The smallest absolute Gasteiger partial charge is 0.185 e. The third-order valence-corrected chi connectivity index (χ3v) is 3.73. The zero-order valence-electron chi connectivity index (χ0n) is 13.1. The maximum absolute atomic E-state index is 10.6. The summed E-state index contributed by atoms with van der Waals surface area (Å²) in [5, 5.41) is 0.143. The van der Waals surface area contributed by atoms with Crippen LogP contribution in [0.25, 0.3) is 0 Å². The number of nitrogens with zero attached hydrogens (tertiary/aromatic N) is 2. The van der Waals surface area contributed by atoms with Crippen molar-refractivity contribution in [3.8, 4) is 0 Å². The standard InChI is InChI=1S/C9H12N2OS.C7H10N2S/c1-7(12)13-6-5-8-3-2-4-9(10)11-8;8-7-3-1-2-6(9-7)4-5-10/h2-4H,5-6H2,1H3,(H2,10,11);1-3,10H,4-5H2,(H2,8,9). The van der Waals surface area contributed by atoms with Gasteiger partial charge in [-0.3, -0.25) is 4.79 Å². The maximum atomic E-state index is 10.6. The van der Waals surface area contributed by atoms with Crippen LogP contribution in [-0.4, -0.2) is 26.6 Å². The Kier molecular flexibility index (Phi) is 9.16.